The van der Waals surface area contributed by atoms with Crippen molar-refractivity contribution in [3.63, 3.8) is 0 Å². The molecule has 0 spiro atoms. The average Bonchev–Trinajstić information content (AvgIpc) is 2.82. The Morgan fingerprint density at radius 3 is 2.56 bits per heavy atom. The van der Waals surface area contributed by atoms with E-state index in [1.165, 1.54) is 12.3 Å². The molecule has 88 valence electrons. The minimum Gasteiger partial charge on any atom is -0.479 e. The smallest absolute Gasteiger partial charge is 0.344 e. The predicted molar refractivity (Wildman–Crippen MR) is 56.8 cm³/mol. The predicted octanol–water partition coefficient (Wildman–Crippen LogP) is 2.13. The topological polar surface area (TPSA) is 70.7 Å². The lowest BCUT2D eigenvalue weighted by Crippen LogP contribution is -2.43. The van der Waals surface area contributed by atoms with Gasteiger partial charge in [0, 0.05) is 5.92 Å². The molecule has 0 aliphatic heterocycles. The molecule has 4 heteroatoms. The van der Waals surface area contributed by atoms with Crippen LogP contribution in [0, 0.1) is 5.92 Å². The summed E-state index contributed by atoms with van der Waals surface area (Å²) in [5.74, 6) is -1.31. The van der Waals surface area contributed by atoms with Crippen molar-refractivity contribution in [3.8, 4) is 0 Å². The molecule has 0 saturated heterocycles. The van der Waals surface area contributed by atoms with Gasteiger partial charge in [-0.05, 0) is 25.0 Å². The van der Waals surface area contributed by atoms with Crippen molar-refractivity contribution >= 4 is 5.97 Å². The summed E-state index contributed by atoms with van der Waals surface area (Å²) in [6.45, 7) is 0. The first-order chi connectivity index (χ1) is 7.65. The number of carbonyl (C=O) groups is 1. The highest BCUT2D eigenvalue weighted by Gasteiger charge is 2.48. The molecule has 1 heterocycles. The number of aliphatic carboxylic acids is 1. The molecule has 0 radical (unpaired) electrons. The summed E-state index contributed by atoms with van der Waals surface area (Å²) in [4.78, 5) is 11.3. The highest BCUT2D eigenvalue weighted by Crippen LogP contribution is 2.39. The number of carboxylic acid groups (broad SMARTS) is 1. The molecule has 1 aromatic heterocycles. The van der Waals surface area contributed by atoms with E-state index in [9.17, 15) is 15.0 Å². The lowest BCUT2D eigenvalue weighted by Gasteiger charge is -2.33. The van der Waals surface area contributed by atoms with Crippen LogP contribution in [-0.2, 0) is 10.4 Å². The first kappa shape index (κ1) is 11.2. The van der Waals surface area contributed by atoms with E-state index in [2.05, 4.69) is 0 Å². The Bertz CT molecular complexity index is 351. The molecule has 0 unspecified atom stereocenters. The molecular weight excluding hydrogens is 208 g/mol. The van der Waals surface area contributed by atoms with Gasteiger partial charge in [-0.15, -0.1) is 0 Å². The van der Waals surface area contributed by atoms with Crippen LogP contribution in [0.15, 0.2) is 22.8 Å². The van der Waals surface area contributed by atoms with Crippen LogP contribution in [0.3, 0.4) is 0 Å². The Morgan fingerprint density at radius 1 is 1.38 bits per heavy atom. The number of hydrogen-bond acceptors (Lipinski definition) is 3. The summed E-state index contributed by atoms with van der Waals surface area (Å²) in [5.41, 5.74) is -1.86. The van der Waals surface area contributed by atoms with Gasteiger partial charge in [-0.25, -0.2) is 4.79 Å². The van der Waals surface area contributed by atoms with E-state index in [1.807, 2.05) is 0 Å². The standard InChI is InChI=1S/C12H16O4/c13-11(14)12(15,10-7-4-8-16-10)9-5-2-1-3-6-9/h4,7-9,15H,1-3,5-6H2,(H,13,14)/t12-/m1/s1. The van der Waals surface area contributed by atoms with Crippen molar-refractivity contribution < 1.29 is 19.4 Å². The third-order valence-electron chi connectivity index (χ3n) is 3.42. The molecule has 16 heavy (non-hydrogen) atoms. The van der Waals surface area contributed by atoms with Crippen LogP contribution in [0.5, 0.6) is 0 Å². The highest BCUT2D eigenvalue weighted by atomic mass is 16.4. The number of furan rings is 1. The third kappa shape index (κ3) is 1.73. The molecule has 1 saturated carbocycles. The summed E-state index contributed by atoms with van der Waals surface area (Å²) in [6, 6.07) is 3.13. The molecule has 0 amide bonds. The van der Waals surface area contributed by atoms with Crippen molar-refractivity contribution in [3.05, 3.63) is 24.2 Å². The third-order valence-corrected chi connectivity index (χ3v) is 3.42. The summed E-state index contributed by atoms with van der Waals surface area (Å²) in [5, 5.41) is 19.6. The maximum absolute atomic E-state index is 11.3. The van der Waals surface area contributed by atoms with Gasteiger partial charge in [0.25, 0.3) is 0 Å². The van der Waals surface area contributed by atoms with Crippen LogP contribution >= 0.6 is 0 Å². The lowest BCUT2D eigenvalue weighted by molar-refractivity contribution is -0.171. The molecule has 2 N–H and O–H groups in total. The second kappa shape index (κ2) is 4.29. The molecular formula is C12H16O4. The number of rotatable bonds is 3. The van der Waals surface area contributed by atoms with Gasteiger partial charge < -0.3 is 14.6 Å². The number of carboxylic acids is 1. The molecule has 1 fully saturated rings. The van der Waals surface area contributed by atoms with Crippen molar-refractivity contribution in [2.24, 2.45) is 5.92 Å². The van der Waals surface area contributed by atoms with E-state index in [0.29, 0.717) is 0 Å². The Morgan fingerprint density at radius 2 is 2.06 bits per heavy atom. The Balaban J connectivity index is 2.31. The van der Waals surface area contributed by atoms with E-state index >= 15 is 0 Å². The van der Waals surface area contributed by atoms with Crippen LogP contribution < -0.4 is 0 Å². The Labute approximate surface area is 93.9 Å². The normalized spacial score (nSPS) is 21.6. The van der Waals surface area contributed by atoms with Crippen LogP contribution in [0.25, 0.3) is 0 Å². The van der Waals surface area contributed by atoms with E-state index in [4.69, 9.17) is 4.42 Å². The summed E-state index contributed by atoms with van der Waals surface area (Å²) in [7, 11) is 0. The van der Waals surface area contributed by atoms with E-state index < -0.39 is 11.6 Å². The summed E-state index contributed by atoms with van der Waals surface area (Å²) >= 11 is 0. The molecule has 0 aromatic carbocycles. The second-order valence-electron chi connectivity index (χ2n) is 4.38. The quantitative estimate of drug-likeness (QED) is 0.825. The van der Waals surface area contributed by atoms with Gasteiger partial charge in [0.05, 0.1) is 6.26 Å². The zero-order valence-corrected chi connectivity index (χ0v) is 9.06. The van der Waals surface area contributed by atoms with Crippen LogP contribution in [0.1, 0.15) is 37.9 Å². The van der Waals surface area contributed by atoms with Gasteiger partial charge in [0.1, 0.15) is 5.76 Å². The summed E-state index contributed by atoms with van der Waals surface area (Å²) < 4.78 is 5.08. The molecule has 1 aliphatic rings. The van der Waals surface area contributed by atoms with Crippen molar-refractivity contribution in [1.29, 1.82) is 0 Å². The maximum Gasteiger partial charge on any atom is 0.344 e. The van der Waals surface area contributed by atoms with Gasteiger partial charge >= 0.3 is 5.97 Å². The van der Waals surface area contributed by atoms with E-state index in [1.54, 1.807) is 6.07 Å². The largest absolute Gasteiger partial charge is 0.479 e. The molecule has 1 aliphatic carbocycles. The molecule has 4 nitrogen and oxygen atoms in total. The fourth-order valence-electron chi connectivity index (χ4n) is 2.50. The molecule has 1 aromatic rings. The molecule has 2 rings (SSSR count). The fraction of sp³-hybridized carbons (Fsp3) is 0.583. The fourth-order valence-corrected chi connectivity index (χ4v) is 2.50. The SMILES string of the molecule is O=C(O)[C@](O)(c1ccco1)C1CCCCC1. The van der Waals surface area contributed by atoms with Crippen LogP contribution in [0.2, 0.25) is 0 Å². The van der Waals surface area contributed by atoms with Crippen molar-refractivity contribution in [2.75, 3.05) is 0 Å². The number of hydrogen-bond donors (Lipinski definition) is 2. The first-order valence-electron chi connectivity index (χ1n) is 5.65. The minimum atomic E-state index is -1.86. The zero-order chi connectivity index (χ0) is 11.6. The molecule has 0 bridgehead atoms. The van der Waals surface area contributed by atoms with Gasteiger partial charge in [0.15, 0.2) is 0 Å². The van der Waals surface area contributed by atoms with E-state index in [0.717, 1.165) is 32.1 Å². The Hall–Kier alpha value is -1.29. The van der Waals surface area contributed by atoms with Crippen molar-refractivity contribution in [2.45, 2.75) is 37.7 Å². The number of aliphatic hydroxyl groups is 1. The monoisotopic (exact) mass is 224 g/mol. The van der Waals surface area contributed by atoms with Crippen LogP contribution in [-0.4, -0.2) is 16.2 Å². The molecule has 1 atom stereocenters. The maximum atomic E-state index is 11.3. The zero-order valence-electron chi connectivity index (χ0n) is 9.06. The second-order valence-corrected chi connectivity index (χ2v) is 4.38. The van der Waals surface area contributed by atoms with Gasteiger partial charge in [-0.3, -0.25) is 0 Å². The summed E-state index contributed by atoms with van der Waals surface area (Å²) in [6.07, 6.45) is 5.94. The van der Waals surface area contributed by atoms with Gasteiger partial charge in [-0.2, -0.15) is 0 Å². The van der Waals surface area contributed by atoms with Gasteiger partial charge in [0.2, 0.25) is 5.60 Å². The lowest BCUT2D eigenvalue weighted by atomic mass is 9.75. The minimum absolute atomic E-state index is 0.145. The first-order valence-corrected chi connectivity index (χ1v) is 5.65. The Kier molecular flexibility index (Phi) is 3.01. The van der Waals surface area contributed by atoms with E-state index in [-0.39, 0.29) is 11.7 Å². The average molecular weight is 224 g/mol. The van der Waals surface area contributed by atoms with Crippen molar-refractivity contribution in [1.82, 2.24) is 0 Å². The highest BCUT2D eigenvalue weighted by molar-refractivity contribution is 5.78. The van der Waals surface area contributed by atoms with Gasteiger partial charge in [-0.1, -0.05) is 19.3 Å². The van der Waals surface area contributed by atoms with Crippen LogP contribution in [0.4, 0.5) is 0 Å².